The van der Waals surface area contributed by atoms with Crippen molar-refractivity contribution in [1.82, 2.24) is 9.21 Å². The summed E-state index contributed by atoms with van der Waals surface area (Å²) in [5.41, 5.74) is 0.642. The Morgan fingerprint density at radius 2 is 2.04 bits per heavy atom. The SMILES string of the molecule is CCS(=O)(=O)N1CCC2(CCCN(Cc3cc(OC)ccc3F)C2)C1. The van der Waals surface area contributed by atoms with Gasteiger partial charge >= 0.3 is 0 Å². The van der Waals surface area contributed by atoms with Crippen LogP contribution in [0.4, 0.5) is 4.39 Å². The predicted molar refractivity (Wildman–Crippen MR) is 95.5 cm³/mol. The number of hydrogen-bond acceptors (Lipinski definition) is 4. The molecule has 7 heteroatoms. The molecule has 2 aliphatic heterocycles. The van der Waals surface area contributed by atoms with Crippen LogP contribution in [0.5, 0.6) is 5.75 Å². The number of likely N-dealkylation sites (tertiary alicyclic amines) is 1. The molecule has 1 unspecified atom stereocenters. The summed E-state index contributed by atoms with van der Waals surface area (Å²) in [7, 11) is -1.55. The predicted octanol–water partition coefficient (Wildman–Crippen LogP) is 2.47. The number of hydrogen-bond donors (Lipinski definition) is 0. The van der Waals surface area contributed by atoms with Gasteiger partial charge in [-0.3, -0.25) is 4.90 Å². The van der Waals surface area contributed by atoms with E-state index in [9.17, 15) is 12.8 Å². The van der Waals surface area contributed by atoms with Gasteiger partial charge in [0.25, 0.3) is 0 Å². The summed E-state index contributed by atoms with van der Waals surface area (Å²) >= 11 is 0. The van der Waals surface area contributed by atoms with Gasteiger partial charge in [0, 0.05) is 31.7 Å². The average molecular weight is 370 g/mol. The van der Waals surface area contributed by atoms with Crippen molar-refractivity contribution in [3.05, 3.63) is 29.6 Å². The molecule has 2 saturated heterocycles. The lowest BCUT2D eigenvalue weighted by atomic mass is 9.79. The molecule has 0 saturated carbocycles. The normalized spacial score (nSPS) is 25.6. The van der Waals surface area contributed by atoms with E-state index in [1.54, 1.807) is 30.5 Å². The van der Waals surface area contributed by atoms with Crippen LogP contribution in [0, 0.1) is 11.2 Å². The summed E-state index contributed by atoms with van der Waals surface area (Å²) in [4.78, 5) is 2.25. The maximum atomic E-state index is 14.1. The fraction of sp³-hybridized carbons (Fsp3) is 0.667. The maximum Gasteiger partial charge on any atom is 0.213 e. The molecule has 0 N–H and O–H groups in total. The Balaban J connectivity index is 1.70. The van der Waals surface area contributed by atoms with Crippen molar-refractivity contribution in [2.45, 2.75) is 32.7 Å². The molecule has 140 valence electrons. The highest BCUT2D eigenvalue weighted by molar-refractivity contribution is 7.89. The third kappa shape index (κ3) is 3.99. The summed E-state index contributed by atoms with van der Waals surface area (Å²) in [5, 5.41) is 0. The Bertz CT molecular complexity index is 725. The van der Waals surface area contributed by atoms with Crippen LogP contribution in [0.25, 0.3) is 0 Å². The van der Waals surface area contributed by atoms with E-state index in [2.05, 4.69) is 4.90 Å². The van der Waals surface area contributed by atoms with E-state index in [4.69, 9.17) is 4.74 Å². The Labute approximate surface area is 149 Å². The number of ether oxygens (including phenoxy) is 1. The highest BCUT2D eigenvalue weighted by Gasteiger charge is 2.44. The Morgan fingerprint density at radius 1 is 1.24 bits per heavy atom. The second kappa shape index (κ2) is 7.21. The fourth-order valence-electron chi connectivity index (χ4n) is 4.13. The number of rotatable bonds is 5. The average Bonchev–Trinajstić information content (AvgIpc) is 3.01. The zero-order chi connectivity index (χ0) is 18.1. The van der Waals surface area contributed by atoms with Crippen molar-refractivity contribution in [1.29, 1.82) is 0 Å². The van der Waals surface area contributed by atoms with Gasteiger partial charge in [0.05, 0.1) is 12.9 Å². The molecular weight excluding hydrogens is 343 g/mol. The van der Waals surface area contributed by atoms with E-state index in [0.29, 0.717) is 30.9 Å². The second-order valence-electron chi connectivity index (χ2n) is 7.26. The van der Waals surface area contributed by atoms with Crippen molar-refractivity contribution in [2.75, 3.05) is 39.0 Å². The van der Waals surface area contributed by atoms with Crippen LogP contribution in [0.3, 0.4) is 0 Å². The first-order valence-corrected chi connectivity index (χ1v) is 10.5. The lowest BCUT2D eigenvalue weighted by Crippen LogP contribution is -2.45. The Hall–Kier alpha value is -1.18. The molecule has 1 spiro atoms. The van der Waals surface area contributed by atoms with E-state index in [1.807, 2.05) is 0 Å². The van der Waals surface area contributed by atoms with E-state index in [0.717, 1.165) is 32.4 Å². The fourth-order valence-corrected chi connectivity index (χ4v) is 5.34. The number of piperidine rings is 1. The number of benzene rings is 1. The van der Waals surface area contributed by atoms with Gasteiger partial charge in [0.1, 0.15) is 11.6 Å². The van der Waals surface area contributed by atoms with E-state index >= 15 is 0 Å². The van der Waals surface area contributed by atoms with E-state index in [-0.39, 0.29) is 17.0 Å². The number of sulfonamides is 1. The molecule has 0 amide bonds. The van der Waals surface area contributed by atoms with Crippen LogP contribution >= 0.6 is 0 Å². The van der Waals surface area contributed by atoms with Crippen molar-refractivity contribution in [2.24, 2.45) is 5.41 Å². The second-order valence-corrected chi connectivity index (χ2v) is 9.51. The van der Waals surface area contributed by atoms with Crippen molar-refractivity contribution < 1.29 is 17.5 Å². The molecule has 3 rings (SSSR count). The Kier molecular flexibility index (Phi) is 5.37. The van der Waals surface area contributed by atoms with Crippen molar-refractivity contribution in [3.63, 3.8) is 0 Å². The quantitative estimate of drug-likeness (QED) is 0.799. The molecule has 0 aliphatic carbocycles. The zero-order valence-electron chi connectivity index (χ0n) is 15.0. The standard InChI is InChI=1S/C18H27FN2O3S/c1-3-25(22,23)21-10-8-18(14-21)7-4-9-20(13-18)12-15-11-16(24-2)5-6-17(15)19/h5-6,11H,3-4,7-10,12-14H2,1-2H3. The minimum absolute atomic E-state index is 0.00975. The minimum atomic E-state index is -3.13. The van der Waals surface area contributed by atoms with Crippen LogP contribution in [-0.4, -0.2) is 56.7 Å². The Morgan fingerprint density at radius 3 is 2.76 bits per heavy atom. The molecule has 2 heterocycles. The molecule has 0 bridgehead atoms. The first-order valence-electron chi connectivity index (χ1n) is 8.90. The zero-order valence-corrected chi connectivity index (χ0v) is 15.8. The van der Waals surface area contributed by atoms with Crippen molar-refractivity contribution in [3.8, 4) is 5.75 Å². The van der Waals surface area contributed by atoms with Crippen LogP contribution < -0.4 is 4.74 Å². The third-order valence-corrected chi connectivity index (χ3v) is 7.38. The largest absolute Gasteiger partial charge is 0.497 e. The first-order chi connectivity index (χ1) is 11.9. The van der Waals surface area contributed by atoms with Gasteiger partial charge < -0.3 is 4.74 Å². The van der Waals surface area contributed by atoms with E-state index in [1.165, 1.54) is 6.07 Å². The molecule has 2 fully saturated rings. The molecule has 25 heavy (non-hydrogen) atoms. The lowest BCUT2D eigenvalue weighted by Gasteiger charge is -2.40. The molecule has 0 aromatic heterocycles. The maximum absolute atomic E-state index is 14.1. The van der Waals surface area contributed by atoms with Gasteiger partial charge in [-0.15, -0.1) is 0 Å². The van der Waals surface area contributed by atoms with Crippen molar-refractivity contribution >= 4 is 10.0 Å². The van der Waals surface area contributed by atoms with Gasteiger partial charge in [0.15, 0.2) is 0 Å². The van der Waals surface area contributed by atoms with Gasteiger partial charge in [0.2, 0.25) is 10.0 Å². The highest BCUT2D eigenvalue weighted by atomic mass is 32.2. The van der Waals surface area contributed by atoms with Gasteiger partial charge in [-0.2, -0.15) is 0 Å². The third-order valence-electron chi connectivity index (χ3n) is 5.55. The van der Waals surface area contributed by atoms with Crippen LogP contribution in [-0.2, 0) is 16.6 Å². The van der Waals surface area contributed by atoms with Crippen LogP contribution in [0.2, 0.25) is 0 Å². The molecule has 2 aliphatic rings. The van der Waals surface area contributed by atoms with Crippen LogP contribution in [0.1, 0.15) is 31.7 Å². The molecule has 1 aromatic rings. The molecular formula is C18H27FN2O3S. The van der Waals surface area contributed by atoms with Gasteiger partial charge in [-0.1, -0.05) is 0 Å². The van der Waals surface area contributed by atoms with Crippen LogP contribution in [0.15, 0.2) is 18.2 Å². The first kappa shape index (κ1) is 18.6. The summed E-state index contributed by atoms with van der Waals surface area (Å²) in [6.07, 6.45) is 2.95. The summed E-state index contributed by atoms with van der Waals surface area (Å²) in [6, 6.07) is 4.82. The summed E-state index contributed by atoms with van der Waals surface area (Å²) in [6.45, 7) is 5.17. The molecule has 1 atom stereocenters. The smallest absolute Gasteiger partial charge is 0.213 e. The van der Waals surface area contributed by atoms with E-state index < -0.39 is 10.0 Å². The minimum Gasteiger partial charge on any atom is -0.497 e. The highest BCUT2D eigenvalue weighted by Crippen LogP contribution is 2.40. The lowest BCUT2D eigenvalue weighted by molar-refractivity contribution is 0.0925. The topological polar surface area (TPSA) is 49.9 Å². The number of halogens is 1. The van der Waals surface area contributed by atoms with Gasteiger partial charge in [-0.25, -0.2) is 17.1 Å². The number of methoxy groups -OCH3 is 1. The summed E-state index contributed by atoms with van der Waals surface area (Å²) < 4.78 is 45.3. The van der Waals surface area contributed by atoms with Gasteiger partial charge in [-0.05, 0) is 56.3 Å². The molecule has 5 nitrogen and oxygen atoms in total. The molecule has 1 aromatic carbocycles. The summed E-state index contributed by atoms with van der Waals surface area (Å²) in [5.74, 6) is 0.591. The monoisotopic (exact) mass is 370 g/mol. The number of nitrogens with zero attached hydrogens (tertiary/aromatic N) is 2. The molecule has 0 radical (unpaired) electrons.